The molecule has 0 saturated heterocycles. The Bertz CT molecular complexity index is 603. The van der Waals surface area contributed by atoms with Gasteiger partial charge in [-0.2, -0.15) is 5.10 Å². The Morgan fingerprint density at radius 2 is 1.90 bits per heavy atom. The van der Waals surface area contributed by atoms with Crippen LogP contribution in [0.15, 0.2) is 28.7 Å². The number of benzene rings is 1. The molecule has 1 fully saturated rings. The SMILES string of the molecule is OCc1c(C2CCCC2)nn(-c2ccc(Br)cc2)c1Cl. The topological polar surface area (TPSA) is 38.1 Å². The molecule has 106 valence electrons. The molecule has 3 rings (SSSR count). The summed E-state index contributed by atoms with van der Waals surface area (Å²) >= 11 is 9.83. The fourth-order valence-electron chi connectivity index (χ4n) is 2.87. The summed E-state index contributed by atoms with van der Waals surface area (Å²) < 4.78 is 2.75. The van der Waals surface area contributed by atoms with E-state index in [1.165, 1.54) is 12.8 Å². The Morgan fingerprint density at radius 3 is 2.50 bits per heavy atom. The van der Waals surface area contributed by atoms with Gasteiger partial charge in [-0.05, 0) is 37.1 Å². The van der Waals surface area contributed by atoms with Gasteiger partial charge in [-0.3, -0.25) is 0 Å². The third-order valence-electron chi connectivity index (χ3n) is 3.92. The van der Waals surface area contributed by atoms with Crippen LogP contribution in [-0.2, 0) is 6.61 Å². The molecule has 0 radical (unpaired) electrons. The molecule has 1 heterocycles. The quantitative estimate of drug-likeness (QED) is 0.884. The fourth-order valence-corrected chi connectivity index (χ4v) is 3.43. The maximum Gasteiger partial charge on any atom is 0.138 e. The van der Waals surface area contributed by atoms with Gasteiger partial charge in [-0.1, -0.05) is 40.4 Å². The van der Waals surface area contributed by atoms with E-state index in [9.17, 15) is 5.11 Å². The van der Waals surface area contributed by atoms with Crippen molar-refractivity contribution in [2.75, 3.05) is 0 Å². The highest BCUT2D eigenvalue weighted by atomic mass is 79.9. The first-order chi connectivity index (χ1) is 9.70. The van der Waals surface area contributed by atoms with Crippen LogP contribution in [0, 0.1) is 0 Å². The largest absolute Gasteiger partial charge is 0.391 e. The van der Waals surface area contributed by atoms with E-state index in [1.54, 1.807) is 4.68 Å². The van der Waals surface area contributed by atoms with E-state index in [1.807, 2.05) is 24.3 Å². The first-order valence-electron chi connectivity index (χ1n) is 6.85. The molecule has 0 unspecified atom stereocenters. The molecular weight excluding hydrogens is 340 g/mol. The zero-order valence-electron chi connectivity index (χ0n) is 11.0. The van der Waals surface area contributed by atoms with E-state index in [0.29, 0.717) is 11.1 Å². The molecular formula is C15H16BrClN2O. The van der Waals surface area contributed by atoms with Gasteiger partial charge in [-0.15, -0.1) is 0 Å². The molecule has 1 N–H and O–H groups in total. The smallest absolute Gasteiger partial charge is 0.138 e. The lowest BCUT2D eigenvalue weighted by Gasteiger charge is -2.06. The molecule has 20 heavy (non-hydrogen) atoms. The average Bonchev–Trinajstić information content (AvgIpc) is 3.07. The number of halogens is 2. The van der Waals surface area contributed by atoms with Gasteiger partial charge in [0.05, 0.1) is 18.0 Å². The Hall–Kier alpha value is -0.840. The van der Waals surface area contributed by atoms with E-state index in [4.69, 9.17) is 11.6 Å². The zero-order chi connectivity index (χ0) is 14.1. The molecule has 2 aromatic rings. The minimum Gasteiger partial charge on any atom is -0.391 e. The molecule has 0 amide bonds. The van der Waals surface area contributed by atoms with Crippen molar-refractivity contribution in [2.24, 2.45) is 0 Å². The number of aliphatic hydroxyl groups excluding tert-OH is 1. The van der Waals surface area contributed by atoms with E-state index >= 15 is 0 Å². The van der Waals surface area contributed by atoms with Crippen LogP contribution in [0.1, 0.15) is 42.9 Å². The molecule has 0 spiro atoms. The van der Waals surface area contributed by atoms with E-state index in [-0.39, 0.29) is 6.61 Å². The van der Waals surface area contributed by atoms with Crippen molar-refractivity contribution in [2.45, 2.75) is 38.2 Å². The molecule has 0 atom stereocenters. The van der Waals surface area contributed by atoms with Crippen LogP contribution in [0.25, 0.3) is 5.69 Å². The predicted molar refractivity (Wildman–Crippen MR) is 83.4 cm³/mol. The van der Waals surface area contributed by atoms with Crippen molar-refractivity contribution in [1.29, 1.82) is 0 Å². The molecule has 1 aliphatic rings. The van der Waals surface area contributed by atoms with Crippen molar-refractivity contribution in [1.82, 2.24) is 9.78 Å². The van der Waals surface area contributed by atoms with Gasteiger partial charge in [0.15, 0.2) is 0 Å². The van der Waals surface area contributed by atoms with Crippen molar-refractivity contribution < 1.29 is 5.11 Å². The van der Waals surface area contributed by atoms with Gasteiger partial charge >= 0.3 is 0 Å². The fraction of sp³-hybridized carbons (Fsp3) is 0.400. The molecule has 0 aliphatic heterocycles. The van der Waals surface area contributed by atoms with Gasteiger partial charge in [0, 0.05) is 16.0 Å². The van der Waals surface area contributed by atoms with E-state index < -0.39 is 0 Å². The van der Waals surface area contributed by atoms with Gasteiger partial charge in [0.2, 0.25) is 0 Å². The second kappa shape index (κ2) is 5.88. The van der Waals surface area contributed by atoms with E-state index in [0.717, 1.165) is 34.3 Å². The Morgan fingerprint density at radius 1 is 1.25 bits per heavy atom. The number of hydrogen-bond donors (Lipinski definition) is 1. The normalized spacial score (nSPS) is 15.9. The number of rotatable bonds is 3. The third-order valence-corrected chi connectivity index (χ3v) is 4.84. The monoisotopic (exact) mass is 354 g/mol. The minimum atomic E-state index is -0.0544. The van der Waals surface area contributed by atoms with Gasteiger partial charge in [0.25, 0.3) is 0 Å². The van der Waals surface area contributed by atoms with Crippen LogP contribution >= 0.6 is 27.5 Å². The summed E-state index contributed by atoms with van der Waals surface area (Å²) in [4.78, 5) is 0. The first kappa shape index (κ1) is 14.1. The molecule has 1 saturated carbocycles. The molecule has 1 aromatic carbocycles. The van der Waals surface area contributed by atoms with Crippen LogP contribution in [0.5, 0.6) is 0 Å². The third kappa shape index (κ3) is 2.52. The predicted octanol–water partition coefficient (Wildman–Crippen LogP) is 4.44. The summed E-state index contributed by atoms with van der Waals surface area (Å²) in [5.41, 5.74) is 2.66. The van der Waals surface area contributed by atoms with Crippen LogP contribution < -0.4 is 0 Å². The summed E-state index contributed by atoms with van der Waals surface area (Å²) in [6, 6.07) is 7.84. The average molecular weight is 356 g/mol. The van der Waals surface area contributed by atoms with Crippen LogP contribution in [0.2, 0.25) is 5.15 Å². The summed E-state index contributed by atoms with van der Waals surface area (Å²) in [5, 5.41) is 14.8. The molecule has 3 nitrogen and oxygen atoms in total. The standard InChI is InChI=1S/C15H16BrClN2O/c16-11-5-7-12(8-6-11)19-15(17)13(9-20)14(18-19)10-3-1-2-4-10/h5-8,10,20H,1-4,9H2. The second-order valence-corrected chi connectivity index (χ2v) is 6.46. The number of aromatic nitrogens is 2. The number of nitrogens with zero attached hydrogens (tertiary/aromatic N) is 2. The summed E-state index contributed by atoms with van der Waals surface area (Å²) in [7, 11) is 0. The number of aliphatic hydroxyl groups is 1. The minimum absolute atomic E-state index is 0.0544. The van der Waals surface area contributed by atoms with Crippen molar-refractivity contribution in [3.8, 4) is 5.69 Å². The van der Waals surface area contributed by atoms with E-state index in [2.05, 4.69) is 21.0 Å². The summed E-state index contributed by atoms with van der Waals surface area (Å²) in [5.74, 6) is 0.436. The molecule has 1 aliphatic carbocycles. The maximum absolute atomic E-state index is 9.62. The second-order valence-electron chi connectivity index (χ2n) is 5.18. The summed E-state index contributed by atoms with van der Waals surface area (Å²) in [6.45, 7) is -0.0544. The Kier molecular flexibility index (Phi) is 4.15. The molecule has 5 heteroatoms. The highest BCUT2D eigenvalue weighted by Crippen LogP contribution is 2.38. The molecule has 0 bridgehead atoms. The lowest BCUT2D eigenvalue weighted by Crippen LogP contribution is -2.00. The van der Waals surface area contributed by atoms with Gasteiger partial charge in [-0.25, -0.2) is 4.68 Å². The number of hydrogen-bond acceptors (Lipinski definition) is 2. The van der Waals surface area contributed by atoms with Gasteiger partial charge < -0.3 is 5.11 Å². The van der Waals surface area contributed by atoms with Crippen molar-refractivity contribution in [3.63, 3.8) is 0 Å². The highest BCUT2D eigenvalue weighted by molar-refractivity contribution is 9.10. The van der Waals surface area contributed by atoms with Crippen LogP contribution in [0.3, 0.4) is 0 Å². The Labute approximate surface area is 131 Å². The van der Waals surface area contributed by atoms with Crippen molar-refractivity contribution in [3.05, 3.63) is 45.1 Å². The van der Waals surface area contributed by atoms with Crippen LogP contribution in [-0.4, -0.2) is 14.9 Å². The lowest BCUT2D eigenvalue weighted by molar-refractivity contribution is 0.280. The highest BCUT2D eigenvalue weighted by Gasteiger charge is 2.26. The Balaban J connectivity index is 2.05. The van der Waals surface area contributed by atoms with Gasteiger partial charge in [0.1, 0.15) is 5.15 Å². The van der Waals surface area contributed by atoms with Crippen molar-refractivity contribution >= 4 is 27.5 Å². The maximum atomic E-state index is 9.62. The van der Waals surface area contributed by atoms with Crippen LogP contribution in [0.4, 0.5) is 0 Å². The zero-order valence-corrected chi connectivity index (χ0v) is 13.4. The first-order valence-corrected chi connectivity index (χ1v) is 8.02. The summed E-state index contributed by atoms with van der Waals surface area (Å²) in [6.07, 6.45) is 4.75. The molecule has 1 aromatic heterocycles. The lowest BCUT2D eigenvalue weighted by atomic mass is 10.0.